The van der Waals surface area contributed by atoms with Crippen molar-refractivity contribution in [3.8, 4) is 0 Å². The standard InChI is InChI=1S/C26H23FN2O/c1-16-9-11-17(12-10-16)19-14-23-25(24(30)15-19)26(18-5-4-6-20(27)13-18)29-22-8-3-2-7-21(22)28-23/h2-13,19,26,28-29H,14-15H2,1H3/t19-,26+/m1/s1. The molecule has 3 aromatic rings. The summed E-state index contributed by atoms with van der Waals surface area (Å²) in [4.78, 5) is 13.4. The van der Waals surface area contributed by atoms with Crippen LogP contribution in [0.4, 0.5) is 15.8 Å². The number of fused-ring (bicyclic) bond motifs is 1. The van der Waals surface area contributed by atoms with Gasteiger partial charge in [-0.25, -0.2) is 4.39 Å². The largest absolute Gasteiger partial charge is 0.372 e. The van der Waals surface area contributed by atoms with E-state index in [9.17, 15) is 9.18 Å². The summed E-state index contributed by atoms with van der Waals surface area (Å²) < 4.78 is 14.0. The minimum absolute atomic E-state index is 0.101. The molecule has 1 heterocycles. The summed E-state index contributed by atoms with van der Waals surface area (Å²) in [7, 11) is 0. The van der Waals surface area contributed by atoms with Crippen molar-refractivity contribution >= 4 is 17.2 Å². The lowest BCUT2D eigenvalue weighted by Crippen LogP contribution is -2.26. The number of allylic oxidation sites excluding steroid dienone is 1. The first-order valence-electron chi connectivity index (χ1n) is 10.3. The van der Waals surface area contributed by atoms with Crippen LogP contribution in [0.2, 0.25) is 0 Å². The van der Waals surface area contributed by atoms with Crippen LogP contribution in [0.3, 0.4) is 0 Å². The molecule has 3 nitrogen and oxygen atoms in total. The number of hydrogen-bond acceptors (Lipinski definition) is 3. The maximum absolute atomic E-state index is 14.0. The molecule has 0 bridgehead atoms. The molecule has 0 radical (unpaired) electrons. The maximum atomic E-state index is 14.0. The highest BCUT2D eigenvalue weighted by Crippen LogP contribution is 2.44. The van der Waals surface area contributed by atoms with Crippen molar-refractivity contribution in [1.82, 2.24) is 0 Å². The Morgan fingerprint density at radius 2 is 1.63 bits per heavy atom. The highest BCUT2D eigenvalue weighted by atomic mass is 19.1. The highest BCUT2D eigenvalue weighted by Gasteiger charge is 2.36. The smallest absolute Gasteiger partial charge is 0.163 e. The van der Waals surface area contributed by atoms with Gasteiger partial charge < -0.3 is 10.6 Å². The van der Waals surface area contributed by atoms with Crippen molar-refractivity contribution in [2.75, 3.05) is 10.6 Å². The van der Waals surface area contributed by atoms with E-state index < -0.39 is 6.04 Å². The molecular weight excluding hydrogens is 375 g/mol. The number of para-hydroxylation sites is 2. The van der Waals surface area contributed by atoms with Gasteiger partial charge in [0.15, 0.2) is 5.78 Å². The fourth-order valence-electron chi connectivity index (χ4n) is 4.50. The van der Waals surface area contributed by atoms with Gasteiger partial charge in [0.25, 0.3) is 0 Å². The van der Waals surface area contributed by atoms with E-state index in [0.29, 0.717) is 12.0 Å². The molecule has 0 unspecified atom stereocenters. The van der Waals surface area contributed by atoms with Gasteiger partial charge in [-0.2, -0.15) is 0 Å². The third-order valence-electron chi connectivity index (χ3n) is 6.04. The Morgan fingerprint density at radius 3 is 2.40 bits per heavy atom. The topological polar surface area (TPSA) is 41.1 Å². The second kappa shape index (κ2) is 7.45. The number of ketones is 1. The zero-order valence-electron chi connectivity index (χ0n) is 16.8. The Hall–Kier alpha value is -3.40. The van der Waals surface area contributed by atoms with Crippen LogP contribution < -0.4 is 10.6 Å². The third kappa shape index (κ3) is 3.39. The average Bonchev–Trinajstić information content (AvgIpc) is 2.91. The van der Waals surface area contributed by atoms with Gasteiger partial charge in [-0.15, -0.1) is 0 Å². The Labute approximate surface area is 175 Å². The molecule has 0 saturated heterocycles. The van der Waals surface area contributed by atoms with Gasteiger partial charge in [0, 0.05) is 17.7 Å². The van der Waals surface area contributed by atoms with Crippen LogP contribution in [-0.4, -0.2) is 5.78 Å². The fourth-order valence-corrected chi connectivity index (χ4v) is 4.50. The lowest BCUT2D eigenvalue weighted by Gasteiger charge is -2.30. The Kier molecular flexibility index (Phi) is 4.62. The molecule has 0 saturated carbocycles. The second-order valence-electron chi connectivity index (χ2n) is 8.13. The molecule has 5 rings (SSSR count). The van der Waals surface area contributed by atoms with Crippen molar-refractivity contribution in [2.24, 2.45) is 0 Å². The minimum atomic E-state index is -0.390. The van der Waals surface area contributed by atoms with Gasteiger partial charge in [-0.1, -0.05) is 54.1 Å². The van der Waals surface area contributed by atoms with E-state index in [-0.39, 0.29) is 17.5 Å². The Morgan fingerprint density at radius 1 is 0.867 bits per heavy atom. The Balaban J connectivity index is 1.61. The zero-order valence-corrected chi connectivity index (χ0v) is 16.8. The first-order chi connectivity index (χ1) is 14.6. The number of Topliss-reactive ketones (excluding diaryl/α,β-unsaturated/α-hetero) is 1. The molecule has 150 valence electrons. The molecule has 1 aliphatic carbocycles. The first-order valence-corrected chi connectivity index (χ1v) is 10.3. The SMILES string of the molecule is Cc1ccc([C@H]2CC(=O)C3=C(C2)Nc2ccccc2N[C@H]3c2cccc(F)c2)cc1. The van der Waals surface area contributed by atoms with Crippen molar-refractivity contribution in [1.29, 1.82) is 0 Å². The number of benzene rings is 3. The van der Waals surface area contributed by atoms with Crippen molar-refractivity contribution < 1.29 is 9.18 Å². The summed E-state index contributed by atoms with van der Waals surface area (Å²) in [6.07, 6.45) is 1.19. The van der Waals surface area contributed by atoms with Gasteiger partial charge in [-0.05, 0) is 54.7 Å². The van der Waals surface area contributed by atoms with Crippen LogP contribution in [0.5, 0.6) is 0 Å². The molecule has 0 amide bonds. The number of halogens is 1. The fraction of sp³-hybridized carbons (Fsp3) is 0.192. The molecule has 30 heavy (non-hydrogen) atoms. The van der Waals surface area contributed by atoms with Crippen LogP contribution >= 0.6 is 0 Å². The normalized spacial score (nSPS) is 20.5. The van der Waals surface area contributed by atoms with Crippen LogP contribution in [0.1, 0.15) is 41.5 Å². The predicted octanol–water partition coefficient (Wildman–Crippen LogP) is 6.11. The predicted molar refractivity (Wildman–Crippen MR) is 118 cm³/mol. The molecular formula is C26H23FN2O. The molecule has 2 atom stereocenters. The molecule has 3 aromatic carbocycles. The van der Waals surface area contributed by atoms with E-state index in [1.807, 2.05) is 30.3 Å². The molecule has 0 spiro atoms. The van der Waals surface area contributed by atoms with Crippen LogP contribution in [0.25, 0.3) is 0 Å². The lowest BCUT2D eigenvalue weighted by molar-refractivity contribution is -0.116. The molecule has 1 aliphatic heterocycles. The average molecular weight is 398 g/mol. The van der Waals surface area contributed by atoms with Gasteiger partial charge >= 0.3 is 0 Å². The molecule has 2 aliphatic rings. The number of rotatable bonds is 2. The molecule has 0 aromatic heterocycles. The van der Waals surface area contributed by atoms with Crippen LogP contribution in [0.15, 0.2) is 84.1 Å². The quantitative estimate of drug-likeness (QED) is 0.547. The van der Waals surface area contributed by atoms with Crippen molar-refractivity contribution in [2.45, 2.75) is 31.7 Å². The maximum Gasteiger partial charge on any atom is 0.163 e. The summed E-state index contributed by atoms with van der Waals surface area (Å²) in [5.74, 6) is -0.0746. The van der Waals surface area contributed by atoms with Gasteiger partial charge in [-0.3, -0.25) is 4.79 Å². The number of carbonyl (C=O) groups excluding carboxylic acids is 1. The van der Waals surface area contributed by atoms with Crippen molar-refractivity contribution in [3.05, 3.63) is 107 Å². The third-order valence-corrected chi connectivity index (χ3v) is 6.04. The summed E-state index contributed by atoms with van der Waals surface area (Å²) >= 11 is 0. The van der Waals surface area contributed by atoms with E-state index in [0.717, 1.165) is 29.1 Å². The van der Waals surface area contributed by atoms with Crippen molar-refractivity contribution in [3.63, 3.8) is 0 Å². The van der Waals surface area contributed by atoms with E-state index >= 15 is 0 Å². The van der Waals surface area contributed by atoms with Crippen LogP contribution in [-0.2, 0) is 4.79 Å². The number of nitrogens with one attached hydrogen (secondary N) is 2. The summed E-state index contributed by atoms with van der Waals surface area (Å²) in [6.45, 7) is 2.06. The summed E-state index contributed by atoms with van der Waals surface area (Å²) in [5.41, 5.74) is 6.60. The number of anilines is 2. The Bertz CT molecular complexity index is 1150. The van der Waals surface area contributed by atoms with E-state index in [4.69, 9.17) is 0 Å². The summed E-state index contributed by atoms with van der Waals surface area (Å²) in [5, 5.41) is 7.01. The zero-order chi connectivity index (χ0) is 20.7. The monoisotopic (exact) mass is 398 g/mol. The van der Waals surface area contributed by atoms with E-state index in [1.54, 1.807) is 6.07 Å². The lowest BCUT2D eigenvalue weighted by atomic mass is 9.78. The second-order valence-corrected chi connectivity index (χ2v) is 8.13. The highest BCUT2D eigenvalue weighted by molar-refractivity contribution is 6.01. The van der Waals surface area contributed by atoms with E-state index in [1.165, 1.54) is 23.3 Å². The molecule has 2 N–H and O–H groups in total. The summed E-state index contributed by atoms with van der Waals surface area (Å²) in [6, 6.07) is 22.4. The molecule has 4 heteroatoms. The van der Waals surface area contributed by atoms with Crippen LogP contribution in [0, 0.1) is 12.7 Å². The number of carbonyl (C=O) groups is 1. The van der Waals surface area contributed by atoms with Gasteiger partial charge in [0.1, 0.15) is 5.82 Å². The van der Waals surface area contributed by atoms with E-state index in [2.05, 4.69) is 41.8 Å². The van der Waals surface area contributed by atoms with Gasteiger partial charge in [0.2, 0.25) is 0 Å². The van der Waals surface area contributed by atoms with Gasteiger partial charge in [0.05, 0.1) is 17.4 Å². The minimum Gasteiger partial charge on any atom is -0.372 e. The number of aryl methyl sites for hydroxylation is 1. The molecule has 0 fully saturated rings. The number of hydrogen-bond donors (Lipinski definition) is 2. The first kappa shape index (κ1) is 18.6.